The zero-order valence-electron chi connectivity index (χ0n) is 11.0. The maximum absolute atomic E-state index is 11.6. The van der Waals surface area contributed by atoms with Crippen LogP contribution in [0.4, 0.5) is 0 Å². The molecule has 0 atom stereocenters. The summed E-state index contributed by atoms with van der Waals surface area (Å²) in [5, 5.41) is 2.85. The van der Waals surface area contributed by atoms with Crippen LogP contribution >= 0.6 is 34.3 Å². The van der Waals surface area contributed by atoms with Gasteiger partial charge in [-0.05, 0) is 24.3 Å². The number of ether oxygens (including phenoxy) is 1. The Hall–Kier alpha value is -1.69. The van der Waals surface area contributed by atoms with Gasteiger partial charge in [0.2, 0.25) is 0 Å². The van der Waals surface area contributed by atoms with Gasteiger partial charge in [-0.25, -0.2) is 9.78 Å². The van der Waals surface area contributed by atoms with Crippen molar-refractivity contribution in [3.8, 4) is 21.1 Å². The molecule has 0 saturated heterocycles. The Labute approximate surface area is 134 Å². The fourth-order valence-corrected chi connectivity index (χ4v) is 3.76. The van der Waals surface area contributed by atoms with Gasteiger partial charge < -0.3 is 4.74 Å². The van der Waals surface area contributed by atoms with Crippen molar-refractivity contribution in [2.24, 2.45) is 0 Å². The van der Waals surface area contributed by atoms with Crippen molar-refractivity contribution >= 4 is 40.2 Å². The Morgan fingerprint density at radius 3 is 2.86 bits per heavy atom. The molecule has 0 aliphatic heterocycles. The smallest absolute Gasteiger partial charge is 0.337 e. The van der Waals surface area contributed by atoms with Crippen molar-refractivity contribution in [1.82, 2.24) is 4.98 Å². The molecule has 106 valence electrons. The minimum absolute atomic E-state index is 0.348. The third-order valence-corrected chi connectivity index (χ3v) is 5.01. The molecule has 0 N–H and O–H groups in total. The lowest BCUT2D eigenvalue weighted by Crippen LogP contribution is -2.00. The molecule has 1 aromatic carbocycles. The Morgan fingerprint density at radius 1 is 1.29 bits per heavy atom. The third kappa shape index (κ3) is 3.00. The average molecular weight is 336 g/mol. The number of nitrogens with zero attached hydrogens (tertiary/aromatic N) is 1. The highest BCUT2D eigenvalue weighted by molar-refractivity contribution is 7.20. The molecule has 3 aromatic rings. The van der Waals surface area contributed by atoms with Crippen LogP contribution in [0.2, 0.25) is 4.34 Å². The second-order valence-corrected chi connectivity index (χ2v) is 6.79. The molecule has 0 unspecified atom stereocenters. The molecular formula is C15H10ClNO2S2. The van der Waals surface area contributed by atoms with E-state index in [0.717, 1.165) is 25.5 Å². The first-order valence-electron chi connectivity index (χ1n) is 6.07. The maximum atomic E-state index is 11.6. The molecule has 2 aromatic heterocycles. The van der Waals surface area contributed by atoms with E-state index in [0.29, 0.717) is 5.56 Å². The summed E-state index contributed by atoms with van der Waals surface area (Å²) in [6.07, 6.45) is 0. The summed E-state index contributed by atoms with van der Waals surface area (Å²) in [4.78, 5) is 17.2. The number of carbonyl (C=O) groups excluding carboxylic acids is 1. The molecule has 2 heterocycles. The van der Waals surface area contributed by atoms with Gasteiger partial charge in [0, 0.05) is 10.9 Å². The lowest BCUT2D eigenvalue weighted by molar-refractivity contribution is 0.0601. The zero-order chi connectivity index (χ0) is 14.8. The first-order valence-corrected chi connectivity index (χ1v) is 8.15. The standard InChI is InChI=1S/C15H10ClNO2S2/c1-19-15(18)10-4-2-3-9(7-10)14-17-11(8-20-14)12-5-6-13(16)21-12/h2-8H,1H3. The van der Waals surface area contributed by atoms with Crippen LogP contribution in [-0.2, 0) is 4.74 Å². The van der Waals surface area contributed by atoms with Crippen LogP contribution in [0.15, 0.2) is 41.8 Å². The highest BCUT2D eigenvalue weighted by Crippen LogP contribution is 2.34. The molecular weight excluding hydrogens is 326 g/mol. The van der Waals surface area contributed by atoms with E-state index in [4.69, 9.17) is 16.3 Å². The van der Waals surface area contributed by atoms with Crippen molar-refractivity contribution in [1.29, 1.82) is 0 Å². The number of hydrogen-bond acceptors (Lipinski definition) is 5. The Morgan fingerprint density at radius 2 is 2.14 bits per heavy atom. The number of benzene rings is 1. The van der Waals surface area contributed by atoms with Crippen LogP contribution < -0.4 is 0 Å². The maximum Gasteiger partial charge on any atom is 0.337 e. The minimum Gasteiger partial charge on any atom is -0.465 e. The molecule has 6 heteroatoms. The number of esters is 1. The highest BCUT2D eigenvalue weighted by atomic mass is 35.5. The second kappa shape index (κ2) is 5.97. The summed E-state index contributed by atoms with van der Waals surface area (Å²) in [6, 6.07) is 11.1. The topological polar surface area (TPSA) is 39.2 Å². The van der Waals surface area contributed by atoms with Crippen LogP contribution in [0.5, 0.6) is 0 Å². The number of halogens is 1. The Balaban J connectivity index is 1.95. The van der Waals surface area contributed by atoms with Gasteiger partial charge in [0.15, 0.2) is 0 Å². The van der Waals surface area contributed by atoms with Crippen molar-refractivity contribution in [2.45, 2.75) is 0 Å². The van der Waals surface area contributed by atoms with Crippen molar-refractivity contribution in [2.75, 3.05) is 7.11 Å². The van der Waals surface area contributed by atoms with E-state index < -0.39 is 0 Å². The van der Waals surface area contributed by atoms with Gasteiger partial charge in [-0.2, -0.15) is 0 Å². The van der Waals surface area contributed by atoms with Crippen molar-refractivity contribution < 1.29 is 9.53 Å². The summed E-state index contributed by atoms with van der Waals surface area (Å²) in [5.41, 5.74) is 2.32. The van der Waals surface area contributed by atoms with E-state index in [1.165, 1.54) is 29.8 Å². The molecule has 3 nitrogen and oxygen atoms in total. The van der Waals surface area contributed by atoms with Crippen molar-refractivity contribution in [3.63, 3.8) is 0 Å². The van der Waals surface area contributed by atoms with Crippen LogP contribution in [0.3, 0.4) is 0 Å². The van der Waals surface area contributed by atoms with Crippen LogP contribution in [-0.4, -0.2) is 18.1 Å². The number of hydrogen-bond donors (Lipinski definition) is 0. The van der Waals surface area contributed by atoms with E-state index in [2.05, 4.69) is 4.98 Å². The summed E-state index contributed by atoms with van der Waals surface area (Å²) >= 11 is 8.98. The monoisotopic (exact) mass is 335 g/mol. The predicted octanol–water partition coefficient (Wildman–Crippen LogP) is 4.98. The van der Waals surface area contributed by atoms with E-state index in [1.54, 1.807) is 12.1 Å². The summed E-state index contributed by atoms with van der Waals surface area (Å²) in [7, 11) is 1.37. The lowest BCUT2D eigenvalue weighted by Gasteiger charge is -2.01. The quantitative estimate of drug-likeness (QED) is 0.634. The van der Waals surface area contributed by atoms with Gasteiger partial charge in [0.1, 0.15) is 5.01 Å². The lowest BCUT2D eigenvalue weighted by atomic mass is 10.1. The van der Waals surface area contributed by atoms with Gasteiger partial charge in [-0.1, -0.05) is 23.7 Å². The Bertz CT molecular complexity index is 794. The van der Waals surface area contributed by atoms with Gasteiger partial charge in [0.05, 0.1) is 27.6 Å². The molecule has 0 amide bonds. The normalized spacial score (nSPS) is 10.6. The number of thiophene rings is 1. The average Bonchev–Trinajstić information content (AvgIpc) is 3.15. The third-order valence-electron chi connectivity index (χ3n) is 2.86. The Kier molecular flexibility index (Phi) is 4.05. The minimum atomic E-state index is -0.348. The van der Waals surface area contributed by atoms with Crippen molar-refractivity contribution in [3.05, 3.63) is 51.7 Å². The number of thiazole rings is 1. The van der Waals surface area contributed by atoms with E-state index in [9.17, 15) is 4.79 Å². The molecule has 0 bridgehead atoms. The molecule has 21 heavy (non-hydrogen) atoms. The van der Waals surface area contributed by atoms with Gasteiger partial charge >= 0.3 is 5.97 Å². The first-order chi connectivity index (χ1) is 10.2. The number of aromatic nitrogens is 1. The SMILES string of the molecule is COC(=O)c1cccc(-c2nc(-c3ccc(Cl)s3)cs2)c1. The predicted molar refractivity (Wildman–Crippen MR) is 87.2 cm³/mol. The fraction of sp³-hybridized carbons (Fsp3) is 0.0667. The number of rotatable bonds is 3. The molecule has 3 rings (SSSR count). The summed E-state index contributed by atoms with van der Waals surface area (Å²) in [5.74, 6) is -0.348. The van der Waals surface area contributed by atoms with Crippen LogP contribution in [0.1, 0.15) is 10.4 Å². The highest BCUT2D eigenvalue weighted by Gasteiger charge is 2.11. The fourth-order valence-electron chi connectivity index (χ4n) is 1.87. The molecule has 0 radical (unpaired) electrons. The van der Waals surface area contributed by atoms with Crippen LogP contribution in [0.25, 0.3) is 21.1 Å². The number of carbonyl (C=O) groups is 1. The first kappa shape index (κ1) is 14.3. The second-order valence-electron chi connectivity index (χ2n) is 4.21. The van der Waals surface area contributed by atoms with Crippen LogP contribution in [0, 0.1) is 0 Å². The molecule has 0 saturated carbocycles. The molecule has 0 spiro atoms. The summed E-state index contributed by atoms with van der Waals surface area (Å²) in [6.45, 7) is 0. The van der Waals surface area contributed by atoms with E-state index in [-0.39, 0.29) is 5.97 Å². The molecule has 0 aliphatic carbocycles. The molecule has 0 aliphatic rings. The largest absolute Gasteiger partial charge is 0.465 e. The van der Waals surface area contributed by atoms with Gasteiger partial charge in [-0.15, -0.1) is 22.7 Å². The number of methoxy groups -OCH3 is 1. The summed E-state index contributed by atoms with van der Waals surface area (Å²) < 4.78 is 5.48. The van der Waals surface area contributed by atoms with Gasteiger partial charge in [-0.3, -0.25) is 0 Å². The molecule has 0 fully saturated rings. The van der Waals surface area contributed by atoms with E-state index >= 15 is 0 Å². The zero-order valence-corrected chi connectivity index (χ0v) is 13.4. The van der Waals surface area contributed by atoms with E-state index in [1.807, 2.05) is 29.6 Å². The van der Waals surface area contributed by atoms with Gasteiger partial charge in [0.25, 0.3) is 0 Å².